The second-order valence-electron chi connectivity index (χ2n) is 3.68. The number of hydrogen-bond donors (Lipinski definition) is 0. The van der Waals surface area contributed by atoms with Crippen LogP contribution in [0.2, 0.25) is 5.28 Å². The molecule has 0 spiro atoms. The summed E-state index contributed by atoms with van der Waals surface area (Å²) in [7, 11) is 0. The zero-order valence-electron chi connectivity index (χ0n) is 9.72. The van der Waals surface area contributed by atoms with Gasteiger partial charge in [-0.05, 0) is 18.5 Å². The molecular weight excluding hydrogens is 303 g/mol. The smallest absolute Gasteiger partial charge is 0.258 e. The summed E-state index contributed by atoms with van der Waals surface area (Å²) < 4.78 is 38.1. The predicted molar refractivity (Wildman–Crippen MR) is 60.6 cm³/mol. The highest BCUT2D eigenvalue weighted by molar-refractivity contribution is 6.28. The van der Waals surface area contributed by atoms with Gasteiger partial charge in [-0.25, -0.2) is 9.67 Å². The lowest BCUT2D eigenvalue weighted by Crippen LogP contribution is -2.08. The van der Waals surface area contributed by atoms with Crippen LogP contribution in [0.25, 0.3) is 5.82 Å². The molecule has 2 aromatic heterocycles. The number of alkyl halides is 3. The molecule has 2 heterocycles. The van der Waals surface area contributed by atoms with E-state index in [-0.39, 0.29) is 11.0 Å². The molecule has 106 valence electrons. The fourth-order valence-electron chi connectivity index (χ4n) is 1.48. The topological polar surface area (TPSA) is 86.7 Å². The molecule has 0 atom stereocenters. The quantitative estimate of drug-likeness (QED) is 0.483. The highest BCUT2D eigenvalue weighted by atomic mass is 35.5. The maximum absolute atomic E-state index is 12.5. The van der Waals surface area contributed by atoms with Crippen LogP contribution in [-0.4, -0.2) is 24.7 Å². The summed E-state index contributed by atoms with van der Waals surface area (Å²) in [6, 6.07) is 0. The zero-order valence-corrected chi connectivity index (χ0v) is 10.5. The first kappa shape index (κ1) is 14.2. The Labute approximate surface area is 114 Å². The van der Waals surface area contributed by atoms with E-state index >= 15 is 0 Å². The van der Waals surface area contributed by atoms with E-state index in [1.54, 1.807) is 0 Å². The number of hydrogen-bond acceptors (Lipinski definition) is 5. The van der Waals surface area contributed by atoms with Crippen LogP contribution < -0.4 is 0 Å². The van der Waals surface area contributed by atoms with Crippen LogP contribution in [0.4, 0.5) is 18.9 Å². The molecule has 0 radical (unpaired) electrons. The molecule has 0 fully saturated rings. The Balaban J connectivity index is 2.63. The van der Waals surface area contributed by atoms with Crippen molar-refractivity contribution < 1.29 is 18.1 Å². The normalized spacial score (nSPS) is 11.7. The molecular formula is C9H5ClF3N5O2. The predicted octanol–water partition coefficient (Wildman–Crippen LogP) is 2.55. The van der Waals surface area contributed by atoms with E-state index < -0.39 is 28.2 Å². The van der Waals surface area contributed by atoms with Gasteiger partial charge < -0.3 is 0 Å². The van der Waals surface area contributed by atoms with E-state index in [0.29, 0.717) is 17.1 Å². The number of aromatic nitrogens is 4. The first-order valence-corrected chi connectivity index (χ1v) is 5.38. The third kappa shape index (κ3) is 2.54. The average Bonchev–Trinajstić information content (AvgIpc) is 2.75. The van der Waals surface area contributed by atoms with Crippen LogP contribution in [0.1, 0.15) is 11.3 Å². The summed E-state index contributed by atoms with van der Waals surface area (Å²) in [5, 5.41) is 14.0. The van der Waals surface area contributed by atoms with Crippen molar-refractivity contribution >= 4 is 17.3 Å². The molecule has 20 heavy (non-hydrogen) atoms. The molecule has 2 rings (SSSR count). The van der Waals surface area contributed by atoms with Gasteiger partial charge in [0.05, 0.1) is 16.7 Å². The fraction of sp³-hybridized carbons (Fsp3) is 0.222. The van der Waals surface area contributed by atoms with Gasteiger partial charge in [0.25, 0.3) is 0 Å². The van der Waals surface area contributed by atoms with E-state index in [0.717, 1.165) is 0 Å². The third-order valence-electron chi connectivity index (χ3n) is 2.32. The summed E-state index contributed by atoms with van der Waals surface area (Å²) in [5.74, 6) is -0.428. The summed E-state index contributed by atoms with van der Waals surface area (Å²) in [5.41, 5.74) is -1.69. The lowest BCUT2D eigenvalue weighted by atomic mass is 10.3. The van der Waals surface area contributed by atoms with Gasteiger partial charge in [-0.15, -0.1) is 0 Å². The maximum atomic E-state index is 12.5. The minimum atomic E-state index is -4.61. The van der Waals surface area contributed by atoms with E-state index in [1.807, 2.05) is 0 Å². The third-order valence-corrected chi connectivity index (χ3v) is 2.49. The van der Waals surface area contributed by atoms with E-state index in [4.69, 9.17) is 11.6 Å². The Morgan fingerprint density at radius 1 is 1.40 bits per heavy atom. The van der Waals surface area contributed by atoms with Crippen molar-refractivity contribution in [3.63, 3.8) is 0 Å². The zero-order chi connectivity index (χ0) is 15.1. The van der Waals surface area contributed by atoms with Crippen LogP contribution in [0.3, 0.4) is 0 Å². The van der Waals surface area contributed by atoms with E-state index in [2.05, 4.69) is 15.1 Å². The highest BCUT2D eigenvalue weighted by Crippen LogP contribution is 2.31. The molecule has 0 aliphatic rings. The van der Waals surface area contributed by atoms with E-state index in [9.17, 15) is 23.3 Å². The molecule has 7 nitrogen and oxygen atoms in total. The molecule has 0 bridgehead atoms. The van der Waals surface area contributed by atoms with Crippen LogP contribution >= 0.6 is 11.6 Å². The summed E-state index contributed by atoms with van der Waals surface area (Å²) >= 11 is 5.57. The van der Waals surface area contributed by atoms with Crippen LogP contribution in [0.5, 0.6) is 0 Å². The van der Waals surface area contributed by atoms with Crippen LogP contribution in [-0.2, 0) is 6.18 Å². The van der Waals surface area contributed by atoms with Gasteiger partial charge in [0, 0.05) is 6.20 Å². The molecule has 0 aliphatic heterocycles. The number of nitro groups is 1. The Hall–Kier alpha value is -2.23. The second-order valence-corrected chi connectivity index (χ2v) is 4.02. The Morgan fingerprint density at radius 3 is 2.55 bits per heavy atom. The van der Waals surface area contributed by atoms with Gasteiger partial charge in [-0.2, -0.15) is 23.3 Å². The number of nitrogens with zero attached hydrogens (tertiary/aromatic N) is 5. The van der Waals surface area contributed by atoms with Crippen LogP contribution in [0, 0.1) is 17.0 Å². The van der Waals surface area contributed by atoms with Gasteiger partial charge in [-0.1, -0.05) is 0 Å². The number of halogens is 4. The van der Waals surface area contributed by atoms with Gasteiger partial charge in [-0.3, -0.25) is 10.1 Å². The average molecular weight is 308 g/mol. The molecule has 11 heteroatoms. The Bertz CT molecular complexity index is 685. The van der Waals surface area contributed by atoms with Gasteiger partial charge >= 0.3 is 11.9 Å². The van der Waals surface area contributed by atoms with Crippen LogP contribution in [0.15, 0.2) is 12.4 Å². The number of rotatable bonds is 2. The minimum Gasteiger partial charge on any atom is -0.258 e. The van der Waals surface area contributed by atoms with Crippen molar-refractivity contribution in [1.82, 2.24) is 19.7 Å². The largest absolute Gasteiger partial charge is 0.419 e. The van der Waals surface area contributed by atoms with Crippen molar-refractivity contribution in [2.24, 2.45) is 0 Å². The first-order chi connectivity index (χ1) is 9.20. The molecule has 0 amide bonds. The highest BCUT2D eigenvalue weighted by Gasteiger charge is 2.33. The first-order valence-electron chi connectivity index (χ1n) is 5.01. The van der Waals surface area contributed by atoms with Crippen molar-refractivity contribution in [1.29, 1.82) is 0 Å². The lowest BCUT2D eigenvalue weighted by Gasteiger charge is -2.04. The standard InChI is InChI=1S/C9H5ClF3N5O2/c1-4-6(18(19)20)7(16-8(10)15-4)17-3-5(2-14-17)9(11,12)13/h2-3H,1H3. The van der Waals surface area contributed by atoms with Crippen molar-refractivity contribution in [3.8, 4) is 5.82 Å². The molecule has 0 unspecified atom stereocenters. The molecule has 0 aromatic carbocycles. The second kappa shape index (κ2) is 4.71. The molecule has 0 N–H and O–H groups in total. The molecule has 2 aromatic rings. The molecule has 0 saturated carbocycles. The summed E-state index contributed by atoms with van der Waals surface area (Å²) in [6.45, 7) is 1.30. The summed E-state index contributed by atoms with van der Waals surface area (Å²) in [6.07, 6.45) is -3.49. The Kier molecular flexibility index (Phi) is 3.34. The lowest BCUT2D eigenvalue weighted by molar-refractivity contribution is -0.385. The maximum Gasteiger partial charge on any atom is 0.419 e. The minimum absolute atomic E-state index is 0.0749. The van der Waals surface area contributed by atoms with Gasteiger partial charge in [0.15, 0.2) is 0 Å². The van der Waals surface area contributed by atoms with Gasteiger partial charge in [0.1, 0.15) is 5.69 Å². The van der Waals surface area contributed by atoms with E-state index in [1.165, 1.54) is 6.92 Å². The monoisotopic (exact) mass is 307 g/mol. The van der Waals surface area contributed by atoms with Crippen molar-refractivity contribution in [3.05, 3.63) is 39.0 Å². The van der Waals surface area contributed by atoms with Crippen molar-refractivity contribution in [2.45, 2.75) is 13.1 Å². The molecule has 0 saturated heterocycles. The number of aryl methyl sites for hydroxylation is 1. The summed E-state index contributed by atoms with van der Waals surface area (Å²) in [4.78, 5) is 17.3. The fourth-order valence-corrected chi connectivity index (χ4v) is 1.68. The SMILES string of the molecule is Cc1nc(Cl)nc(-n2cc(C(F)(F)F)cn2)c1[N+](=O)[O-]. The Morgan fingerprint density at radius 2 is 2.05 bits per heavy atom. The molecule has 0 aliphatic carbocycles. The van der Waals surface area contributed by atoms with Crippen molar-refractivity contribution in [2.75, 3.05) is 0 Å². The van der Waals surface area contributed by atoms with Gasteiger partial charge in [0.2, 0.25) is 11.1 Å².